The Morgan fingerprint density at radius 2 is 2.38 bits per heavy atom. The van der Waals surface area contributed by atoms with Gasteiger partial charge in [0, 0.05) is 11.5 Å². The summed E-state index contributed by atoms with van der Waals surface area (Å²) in [7, 11) is 0. The maximum atomic E-state index is 8.77. The summed E-state index contributed by atoms with van der Waals surface area (Å²) in [6, 6.07) is 2.04. The molecule has 0 saturated carbocycles. The van der Waals surface area contributed by atoms with Crippen molar-refractivity contribution < 1.29 is 4.84 Å². The van der Waals surface area contributed by atoms with Gasteiger partial charge in [0.1, 0.15) is 6.07 Å². The molecule has 1 aliphatic carbocycles. The molecule has 0 fully saturated rings. The van der Waals surface area contributed by atoms with E-state index in [9.17, 15) is 0 Å². The van der Waals surface area contributed by atoms with E-state index >= 15 is 0 Å². The molecular formula is C10H12N2O. The second-order valence-corrected chi connectivity index (χ2v) is 2.86. The van der Waals surface area contributed by atoms with E-state index in [4.69, 9.17) is 16.0 Å². The number of nitrogens with zero attached hydrogens (tertiary/aromatic N) is 1. The fourth-order valence-electron chi connectivity index (χ4n) is 1.40. The maximum Gasteiger partial charge on any atom is 0.167 e. The van der Waals surface area contributed by atoms with Crippen molar-refractivity contribution in [3.8, 4) is 6.07 Å². The third kappa shape index (κ3) is 1.63. The number of nitriles is 1. The van der Waals surface area contributed by atoms with Gasteiger partial charge in [-0.25, -0.2) is 0 Å². The molecule has 68 valence electrons. The minimum absolute atomic E-state index is 0.251. The highest BCUT2D eigenvalue weighted by atomic mass is 16.6. The molecule has 13 heavy (non-hydrogen) atoms. The van der Waals surface area contributed by atoms with Crippen LogP contribution in [0.15, 0.2) is 35.1 Å². The summed E-state index contributed by atoms with van der Waals surface area (Å²) in [4.78, 5) is 4.71. The molecule has 0 amide bonds. The summed E-state index contributed by atoms with van der Waals surface area (Å²) in [5.41, 5.74) is 1.44. The second-order valence-electron chi connectivity index (χ2n) is 2.86. The van der Waals surface area contributed by atoms with Crippen molar-refractivity contribution in [2.45, 2.75) is 13.8 Å². The Balaban J connectivity index is 3.20. The first-order valence-corrected chi connectivity index (χ1v) is 4.10. The molecule has 0 aromatic carbocycles. The van der Waals surface area contributed by atoms with Crippen LogP contribution in [0.4, 0.5) is 0 Å². The highest BCUT2D eigenvalue weighted by Crippen LogP contribution is 2.28. The first-order valence-electron chi connectivity index (χ1n) is 4.10. The molecular weight excluding hydrogens is 164 g/mol. The van der Waals surface area contributed by atoms with Crippen LogP contribution < -0.4 is 5.90 Å². The van der Waals surface area contributed by atoms with Crippen molar-refractivity contribution in [2.75, 3.05) is 0 Å². The molecule has 1 atom stereocenters. The lowest BCUT2D eigenvalue weighted by molar-refractivity contribution is 0.222. The Bertz CT molecular complexity index is 331. The van der Waals surface area contributed by atoms with Gasteiger partial charge < -0.3 is 4.84 Å². The molecule has 0 radical (unpaired) electrons. The van der Waals surface area contributed by atoms with Crippen LogP contribution in [0.3, 0.4) is 0 Å². The van der Waals surface area contributed by atoms with Crippen molar-refractivity contribution in [2.24, 2.45) is 11.8 Å². The number of allylic oxidation sites excluding steroid dienone is 5. The number of rotatable bonds is 1. The first kappa shape index (κ1) is 9.56. The van der Waals surface area contributed by atoms with Gasteiger partial charge in [0.15, 0.2) is 5.76 Å². The Labute approximate surface area is 77.7 Å². The topological polar surface area (TPSA) is 59.0 Å². The molecule has 3 heteroatoms. The lowest BCUT2D eigenvalue weighted by atomic mass is 9.91. The van der Waals surface area contributed by atoms with Gasteiger partial charge in [0.25, 0.3) is 0 Å². The van der Waals surface area contributed by atoms with Gasteiger partial charge in [-0.15, -0.1) is 0 Å². The fourth-order valence-corrected chi connectivity index (χ4v) is 1.40. The zero-order valence-corrected chi connectivity index (χ0v) is 7.74. The van der Waals surface area contributed by atoms with Crippen LogP contribution in [0.1, 0.15) is 13.8 Å². The van der Waals surface area contributed by atoms with Gasteiger partial charge >= 0.3 is 0 Å². The number of hydrogen-bond acceptors (Lipinski definition) is 3. The molecule has 0 bridgehead atoms. The summed E-state index contributed by atoms with van der Waals surface area (Å²) < 4.78 is 0. The van der Waals surface area contributed by atoms with E-state index < -0.39 is 0 Å². The largest absolute Gasteiger partial charge is 0.410 e. The summed E-state index contributed by atoms with van der Waals surface area (Å²) in [6.07, 6.45) is 5.60. The smallest absolute Gasteiger partial charge is 0.167 e. The van der Waals surface area contributed by atoms with E-state index in [1.807, 2.05) is 32.1 Å². The average Bonchev–Trinajstić information content (AvgIpc) is 2.17. The third-order valence-electron chi connectivity index (χ3n) is 2.10. The van der Waals surface area contributed by atoms with Gasteiger partial charge in [0.2, 0.25) is 0 Å². The van der Waals surface area contributed by atoms with E-state index in [2.05, 4.69) is 0 Å². The van der Waals surface area contributed by atoms with Gasteiger partial charge in [-0.05, 0) is 13.0 Å². The molecule has 0 aromatic heterocycles. The Morgan fingerprint density at radius 3 is 2.85 bits per heavy atom. The van der Waals surface area contributed by atoms with Crippen LogP contribution in [0.25, 0.3) is 0 Å². The highest BCUT2D eigenvalue weighted by molar-refractivity contribution is 5.49. The van der Waals surface area contributed by atoms with Crippen LogP contribution in [0, 0.1) is 17.2 Å². The van der Waals surface area contributed by atoms with Crippen LogP contribution in [0.2, 0.25) is 0 Å². The Morgan fingerprint density at radius 1 is 1.69 bits per heavy atom. The molecule has 1 aliphatic rings. The van der Waals surface area contributed by atoms with Crippen LogP contribution in [-0.2, 0) is 4.84 Å². The predicted molar refractivity (Wildman–Crippen MR) is 50.0 cm³/mol. The van der Waals surface area contributed by atoms with Crippen molar-refractivity contribution in [3.63, 3.8) is 0 Å². The molecule has 1 rings (SSSR count). The van der Waals surface area contributed by atoms with Crippen LogP contribution in [-0.4, -0.2) is 0 Å². The summed E-state index contributed by atoms with van der Waals surface area (Å²) in [5.74, 6) is 5.85. The highest BCUT2D eigenvalue weighted by Gasteiger charge is 2.19. The summed E-state index contributed by atoms with van der Waals surface area (Å²) in [6.45, 7) is 3.93. The van der Waals surface area contributed by atoms with Crippen molar-refractivity contribution >= 4 is 0 Å². The average molecular weight is 176 g/mol. The molecule has 0 aromatic rings. The third-order valence-corrected chi connectivity index (χ3v) is 2.10. The van der Waals surface area contributed by atoms with E-state index in [-0.39, 0.29) is 5.92 Å². The Kier molecular flexibility index (Phi) is 2.88. The normalized spacial score (nSPS) is 24.8. The minimum Gasteiger partial charge on any atom is -0.410 e. The first-order chi connectivity index (χ1) is 6.24. The van der Waals surface area contributed by atoms with E-state index in [1.54, 1.807) is 6.08 Å². The van der Waals surface area contributed by atoms with Gasteiger partial charge in [-0.3, -0.25) is 0 Å². The molecule has 0 saturated heterocycles. The molecule has 1 unspecified atom stereocenters. The van der Waals surface area contributed by atoms with Crippen molar-refractivity contribution in [1.82, 2.24) is 0 Å². The predicted octanol–water partition coefficient (Wildman–Crippen LogP) is 1.81. The van der Waals surface area contributed by atoms with Crippen molar-refractivity contribution in [1.29, 1.82) is 5.26 Å². The lowest BCUT2D eigenvalue weighted by Crippen LogP contribution is -2.12. The van der Waals surface area contributed by atoms with Gasteiger partial charge in [0.05, 0.1) is 5.57 Å². The lowest BCUT2D eigenvalue weighted by Gasteiger charge is -2.18. The van der Waals surface area contributed by atoms with Gasteiger partial charge in [-0.1, -0.05) is 19.1 Å². The minimum atomic E-state index is 0.251. The van der Waals surface area contributed by atoms with Gasteiger partial charge in [-0.2, -0.15) is 11.2 Å². The SMILES string of the molecule is CC=C1C(ON)=C(C#N)C=CC1C. The van der Waals surface area contributed by atoms with Crippen molar-refractivity contribution in [3.05, 3.63) is 35.1 Å². The monoisotopic (exact) mass is 176 g/mol. The molecule has 0 heterocycles. The van der Waals surface area contributed by atoms with Crippen LogP contribution >= 0.6 is 0 Å². The summed E-state index contributed by atoms with van der Waals surface area (Å²) >= 11 is 0. The quantitative estimate of drug-likeness (QED) is 0.620. The molecule has 0 aliphatic heterocycles. The second kappa shape index (κ2) is 3.92. The molecule has 2 N–H and O–H groups in total. The molecule has 3 nitrogen and oxygen atoms in total. The van der Waals surface area contributed by atoms with E-state index in [0.717, 1.165) is 5.57 Å². The van der Waals surface area contributed by atoms with Crippen LogP contribution in [0.5, 0.6) is 0 Å². The summed E-state index contributed by atoms with van der Waals surface area (Å²) in [5, 5.41) is 8.77. The Hall–Kier alpha value is -1.53. The van der Waals surface area contributed by atoms with E-state index in [1.165, 1.54) is 0 Å². The standard InChI is InChI=1S/C10H12N2O/c1-3-9-7(2)4-5-8(6-11)10(9)13-12/h3-5,7H,12H2,1-2H3. The molecule has 0 spiro atoms. The zero-order valence-electron chi connectivity index (χ0n) is 7.74. The number of nitrogens with two attached hydrogens (primary N) is 1. The fraction of sp³-hybridized carbons (Fsp3) is 0.300. The zero-order chi connectivity index (χ0) is 9.84. The maximum absolute atomic E-state index is 8.77. The number of hydrogen-bond donors (Lipinski definition) is 1. The van der Waals surface area contributed by atoms with E-state index in [0.29, 0.717) is 11.3 Å².